The Bertz CT molecular complexity index is 767. The Morgan fingerprint density at radius 3 is 2.92 bits per heavy atom. The number of nitrogens with zero attached hydrogens (tertiary/aromatic N) is 3. The zero-order valence-electron chi connectivity index (χ0n) is 14.3. The average molecular weight is 337 g/mol. The fourth-order valence-electron chi connectivity index (χ4n) is 3.48. The van der Waals surface area contributed by atoms with Crippen molar-refractivity contribution in [2.45, 2.75) is 32.2 Å². The predicted octanol–water partition coefficient (Wildman–Crippen LogP) is 3.64. The van der Waals surface area contributed by atoms with Gasteiger partial charge in [-0.25, -0.2) is 0 Å². The first-order chi connectivity index (χ1) is 12.4. The number of fused-ring (bicyclic) bond motifs is 1. The SMILES string of the molecule is c1cc2n(c1)C(CCOCc1ccncc1)CN(Cc1ccoc1)C2. The Morgan fingerprint density at radius 1 is 1.16 bits per heavy atom. The molecule has 1 aliphatic rings. The number of aromatic nitrogens is 2. The minimum absolute atomic E-state index is 0.447. The molecule has 1 unspecified atom stereocenters. The van der Waals surface area contributed by atoms with E-state index < -0.39 is 0 Å². The highest BCUT2D eigenvalue weighted by Crippen LogP contribution is 2.26. The Hall–Kier alpha value is -2.37. The van der Waals surface area contributed by atoms with Gasteiger partial charge in [-0.15, -0.1) is 0 Å². The summed E-state index contributed by atoms with van der Waals surface area (Å²) in [4.78, 5) is 6.51. The van der Waals surface area contributed by atoms with Crippen molar-refractivity contribution in [1.82, 2.24) is 14.5 Å². The second-order valence-corrected chi connectivity index (χ2v) is 6.56. The topological polar surface area (TPSA) is 43.4 Å². The van der Waals surface area contributed by atoms with Gasteiger partial charge in [-0.05, 0) is 42.3 Å². The molecule has 0 amide bonds. The Balaban J connectivity index is 1.33. The van der Waals surface area contributed by atoms with Gasteiger partial charge in [0, 0.05) is 62.1 Å². The van der Waals surface area contributed by atoms with E-state index in [-0.39, 0.29) is 0 Å². The molecule has 0 radical (unpaired) electrons. The number of hydrogen-bond donors (Lipinski definition) is 0. The third-order valence-corrected chi connectivity index (χ3v) is 4.71. The molecule has 0 N–H and O–H groups in total. The monoisotopic (exact) mass is 337 g/mol. The van der Waals surface area contributed by atoms with Crippen molar-refractivity contribution in [3.05, 3.63) is 78.3 Å². The summed E-state index contributed by atoms with van der Waals surface area (Å²) in [6.07, 6.45) is 10.4. The molecule has 0 aliphatic carbocycles. The maximum Gasteiger partial charge on any atom is 0.0947 e. The molecule has 0 saturated carbocycles. The van der Waals surface area contributed by atoms with Gasteiger partial charge in [-0.1, -0.05) is 0 Å². The van der Waals surface area contributed by atoms with Crippen molar-refractivity contribution in [1.29, 1.82) is 0 Å². The third-order valence-electron chi connectivity index (χ3n) is 4.71. The van der Waals surface area contributed by atoms with E-state index in [2.05, 4.69) is 32.8 Å². The van der Waals surface area contributed by atoms with E-state index in [0.717, 1.165) is 32.7 Å². The maximum absolute atomic E-state index is 5.88. The van der Waals surface area contributed by atoms with Crippen LogP contribution in [0.1, 0.15) is 29.3 Å². The van der Waals surface area contributed by atoms with E-state index in [9.17, 15) is 0 Å². The minimum atomic E-state index is 0.447. The van der Waals surface area contributed by atoms with Crippen LogP contribution in [0.4, 0.5) is 0 Å². The molecule has 5 nitrogen and oxygen atoms in total. The molecular formula is C20H23N3O2. The molecule has 0 fully saturated rings. The van der Waals surface area contributed by atoms with Gasteiger partial charge in [0.05, 0.1) is 19.1 Å². The Kier molecular flexibility index (Phi) is 4.95. The highest BCUT2D eigenvalue weighted by molar-refractivity contribution is 5.13. The van der Waals surface area contributed by atoms with Crippen LogP contribution in [0, 0.1) is 0 Å². The van der Waals surface area contributed by atoms with Crippen LogP contribution in [0.3, 0.4) is 0 Å². The molecular weight excluding hydrogens is 314 g/mol. The summed E-state index contributed by atoms with van der Waals surface area (Å²) in [6, 6.07) is 10.8. The van der Waals surface area contributed by atoms with Gasteiger partial charge in [0.25, 0.3) is 0 Å². The number of hydrogen-bond acceptors (Lipinski definition) is 4. The molecule has 4 heterocycles. The number of ether oxygens (including phenoxy) is 1. The second kappa shape index (κ2) is 7.68. The van der Waals surface area contributed by atoms with Crippen LogP contribution in [0.5, 0.6) is 0 Å². The van der Waals surface area contributed by atoms with E-state index in [0.29, 0.717) is 12.6 Å². The smallest absolute Gasteiger partial charge is 0.0947 e. The van der Waals surface area contributed by atoms with E-state index in [1.54, 1.807) is 18.7 Å². The largest absolute Gasteiger partial charge is 0.472 e. The summed E-state index contributed by atoms with van der Waals surface area (Å²) in [7, 11) is 0. The van der Waals surface area contributed by atoms with Gasteiger partial charge in [0.1, 0.15) is 0 Å². The molecule has 4 rings (SSSR count). The van der Waals surface area contributed by atoms with Gasteiger partial charge in [0.2, 0.25) is 0 Å². The zero-order valence-corrected chi connectivity index (χ0v) is 14.3. The van der Waals surface area contributed by atoms with Gasteiger partial charge < -0.3 is 13.7 Å². The lowest BCUT2D eigenvalue weighted by Gasteiger charge is -2.35. The van der Waals surface area contributed by atoms with Crippen molar-refractivity contribution >= 4 is 0 Å². The molecule has 0 aromatic carbocycles. The van der Waals surface area contributed by atoms with Crippen LogP contribution in [0.25, 0.3) is 0 Å². The van der Waals surface area contributed by atoms with Crippen molar-refractivity contribution in [3.63, 3.8) is 0 Å². The van der Waals surface area contributed by atoms with E-state index >= 15 is 0 Å². The zero-order chi connectivity index (χ0) is 16.9. The van der Waals surface area contributed by atoms with Gasteiger partial charge in [-0.2, -0.15) is 0 Å². The molecule has 0 bridgehead atoms. The third kappa shape index (κ3) is 4.00. The molecule has 3 aromatic rings. The van der Waals surface area contributed by atoms with E-state index in [1.807, 2.05) is 24.5 Å². The standard InChI is InChI=1S/C20H23N3O2/c1-2-19-13-22(12-18-5-10-24-16-18)14-20(23(19)9-1)6-11-25-15-17-3-7-21-8-4-17/h1-5,7-10,16,20H,6,11-15H2. The summed E-state index contributed by atoms with van der Waals surface area (Å²) in [6.45, 7) is 4.34. The second-order valence-electron chi connectivity index (χ2n) is 6.56. The lowest BCUT2D eigenvalue weighted by Crippen LogP contribution is -2.36. The fourth-order valence-corrected chi connectivity index (χ4v) is 3.48. The summed E-state index contributed by atoms with van der Waals surface area (Å²) >= 11 is 0. The quantitative estimate of drug-likeness (QED) is 0.617. The van der Waals surface area contributed by atoms with Crippen LogP contribution in [0.15, 0.2) is 65.9 Å². The molecule has 5 heteroatoms. The van der Waals surface area contributed by atoms with Gasteiger partial charge in [-0.3, -0.25) is 9.88 Å². The molecule has 25 heavy (non-hydrogen) atoms. The first-order valence-corrected chi connectivity index (χ1v) is 8.74. The van der Waals surface area contributed by atoms with Crippen LogP contribution >= 0.6 is 0 Å². The number of rotatable bonds is 7. The van der Waals surface area contributed by atoms with Crippen LogP contribution < -0.4 is 0 Å². The van der Waals surface area contributed by atoms with E-state index in [1.165, 1.54) is 16.8 Å². The molecule has 1 atom stereocenters. The summed E-state index contributed by atoms with van der Waals surface area (Å²) in [5, 5.41) is 0. The molecule has 3 aromatic heterocycles. The molecule has 1 aliphatic heterocycles. The molecule has 0 saturated heterocycles. The summed E-state index contributed by atoms with van der Waals surface area (Å²) < 4.78 is 13.5. The van der Waals surface area contributed by atoms with Crippen molar-refractivity contribution in [3.8, 4) is 0 Å². The fraction of sp³-hybridized carbons (Fsp3) is 0.350. The van der Waals surface area contributed by atoms with Crippen LogP contribution in [-0.2, 0) is 24.4 Å². The molecule has 0 spiro atoms. The first kappa shape index (κ1) is 16.1. The molecule has 130 valence electrons. The Labute approximate surface area is 147 Å². The van der Waals surface area contributed by atoms with Crippen molar-refractivity contribution in [2.75, 3.05) is 13.2 Å². The number of furan rings is 1. The van der Waals surface area contributed by atoms with Crippen LogP contribution in [-0.4, -0.2) is 27.6 Å². The lowest BCUT2D eigenvalue weighted by atomic mass is 10.1. The van der Waals surface area contributed by atoms with Gasteiger partial charge in [0.15, 0.2) is 0 Å². The highest BCUT2D eigenvalue weighted by Gasteiger charge is 2.24. The van der Waals surface area contributed by atoms with E-state index in [4.69, 9.17) is 9.15 Å². The lowest BCUT2D eigenvalue weighted by molar-refractivity contribution is 0.0910. The number of pyridine rings is 1. The average Bonchev–Trinajstić information content (AvgIpc) is 3.31. The summed E-state index contributed by atoms with van der Waals surface area (Å²) in [5.41, 5.74) is 3.77. The van der Waals surface area contributed by atoms with Crippen molar-refractivity contribution in [2.24, 2.45) is 0 Å². The first-order valence-electron chi connectivity index (χ1n) is 8.74. The van der Waals surface area contributed by atoms with Gasteiger partial charge >= 0.3 is 0 Å². The van der Waals surface area contributed by atoms with Crippen molar-refractivity contribution < 1.29 is 9.15 Å². The van der Waals surface area contributed by atoms with Crippen LogP contribution in [0.2, 0.25) is 0 Å². The predicted molar refractivity (Wildman–Crippen MR) is 94.8 cm³/mol. The highest BCUT2D eigenvalue weighted by atomic mass is 16.5. The Morgan fingerprint density at radius 2 is 2.08 bits per heavy atom. The maximum atomic E-state index is 5.88. The normalized spacial score (nSPS) is 17.5. The minimum Gasteiger partial charge on any atom is -0.472 e. The summed E-state index contributed by atoms with van der Waals surface area (Å²) in [5.74, 6) is 0.